The summed E-state index contributed by atoms with van der Waals surface area (Å²) in [5.41, 5.74) is 9.07. The van der Waals surface area contributed by atoms with Crippen LogP contribution in [0.4, 0.5) is 11.5 Å². The number of amides is 2. The molecule has 0 spiro atoms. The lowest BCUT2D eigenvalue weighted by Gasteiger charge is -2.38. The lowest BCUT2D eigenvalue weighted by molar-refractivity contribution is -0.146. The monoisotopic (exact) mass is 406 g/mol. The van der Waals surface area contributed by atoms with Crippen molar-refractivity contribution in [2.45, 2.75) is 39.2 Å². The Morgan fingerprint density at radius 3 is 2.93 bits per heavy atom. The molecule has 8 heteroatoms. The van der Waals surface area contributed by atoms with Crippen LogP contribution in [0.2, 0.25) is 0 Å². The number of nitrogen functional groups attached to an aromatic ring is 1. The van der Waals surface area contributed by atoms with E-state index >= 15 is 0 Å². The van der Waals surface area contributed by atoms with Crippen molar-refractivity contribution in [3.05, 3.63) is 47.8 Å². The smallest absolute Gasteiger partial charge is 0.313 e. The highest BCUT2D eigenvalue weighted by atomic mass is 16.2. The van der Waals surface area contributed by atoms with Gasteiger partial charge in [-0.15, -0.1) is 0 Å². The van der Waals surface area contributed by atoms with Crippen LogP contribution < -0.4 is 11.1 Å². The van der Waals surface area contributed by atoms with Gasteiger partial charge in [-0.3, -0.25) is 14.7 Å². The SMILES string of the molecule is CCc1cc(NC(=O)C(=O)N2C[C@H](C)CC[C@H]2c2cccc3[nH]ncc23)cnc1N. The summed E-state index contributed by atoms with van der Waals surface area (Å²) in [6, 6.07) is 7.50. The van der Waals surface area contributed by atoms with E-state index in [1.807, 2.05) is 25.1 Å². The predicted octanol–water partition coefficient (Wildman–Crippen LogP) is 3.04. The molecule has 2 amide bonds. The molecule has 0 saturated carbocycles. The molecule has 30 heavy (non-hydrogen) atoms. The minimum Gasteiger partial charge on any atom is -0.383 e. The highest BCUT2D eigenvalue weighted by Crippen LogP contribution is 2.36. The number of fused-ring (bicyclic) bond motifs is 1. The number of H-pyrrole nitrogens is 1. The number of pyridine rings is 1. The standard InChI is InChI=1S/C22H26N6O2/c1-3-14-9-15(10-24-20(14)23)26-21(29)22(30)28-12-13(2)7-8-19(28)16-5-4-6-18-17(16)11-25-27-18/h4-6,9-11,13,19H,3,7-8,12H2,1-2H3,(H2,23,24)(H,25,27)(H,26,29)/t13-,19+/m1/s1. The summed E-state index contributed by atoms with van der Waals surface area (Å²) in [7, 11) is 0. The lowest BCUT2D eigenvalue weighted by atomic mass is 9.88. The van der Waals surface area contributed by atoms with Gasteiger partial charge in [0.05, 0.1) is 29.6 Å². The van der Waals surface area contributed by atoms with E-state index in [0.717, 1.165) is 34.9 Å². The van der Waals surface area contributed by atoms with Gasteiger partial charge in [-0.05, 0) is 48.4 Å². The molecule has 3 aromatic rings. The first-order valence-electron chi connectivity index (χ1n) is 10.3. The number of nitrogens with one attached hydrogen (secondary N) is 2. The van der Waals surface area contributed by atoms with Gasteiger partial charge in [-0.1, -0.05) is 26.0 Å². The Morgan fingerprint density at radius 1 is 1.30 bits per heavy atom. The van der Waals surface area contributed by atoms with Crippen LogP contribution in [0.1, 0.15) is 43.9 Å². The van der Waals surface area contributed by atoms with Crippen molar-refractivity contribution in [2.75, 3.05) is 17.6 Å². The molecule has 2 atom stereocenters. The Kier molecular flexibility index (Phi) is 5.39. The summed E-state index contributed by atoms with van der Waals surface area (Å²) in [4.78, 5) is 31.8. The van der Waals surface area contributed by atoms with Gasteiger partial charge in [0, 0.05) is 11.9 Å². The number of benzene rings is 1. The molecular formula is C22H26N6O2. The van der Waals surface area contributed by atoms with Crippen LogP contribution in [0.5, 0.6) is 0 Å². The fraction of sp³-hybridized carbons (Fsp3) is 0.364. The van der Waals surface area contributed by atoms with Gasteiger partial charge in [-0.25, -0.2) is 4.98 Å². The Hall–Kier alpha value is -3.42. The number of piperidine rings is 1. The number of nitrogens with two attached hydrogens (primary N) is 1. The number of hydrogen-bond donors (Lipinski definition) is 3. The summed E-state index contributed by atoms with van der Waals surface area (Å²) >= 11 is 0. The number of likely N-dealkylation sites (tertiary alicyclic amines) is 1. The molecule has 0 aliphatic carbocycles. The summed E-state index contributed by atoms with van der Waals surface area (Å²) in [6.45, 7) is 4.59. The van der Waals surface area contributed by atoms with Gasteiger partial charge in [-0.2, -0.15) is 5.10 Å². The number of anilines is 2. The van der Waals surface area contributed by atoms with Gasteiger partial charge < -0.3 is 16.0 Å². The molecule has 2 aromatic heterocycles. The van der Waals surface area contributed by atoms with E-state index in [0.29, 0.717) is 30.4 Å². The van der Waals surface area contributed by atoms with Crippen molar-refractivity contribution >= 4 is 34.2 Å². The molecule has 1 aliphatic heterocycles. The number of aromatic nitrogens is 3. The first-order chi connectivity index (χ1) is 14.5. The van der Waals surface area contributed by atoms with Crippen molar-refractivity contribution in [1.82, 2.24) is 20.1 Å². The third kappa shape index (κ3) is 3.72. The molecule has 1 aliphatic rings. The average molecular weight is 406 g/mol. The normalized spacial score (nSPS) is 19.1. The third-order valence-corrected chi connectivity index (χ3v) is 5.79. The lowest BCUT2D eigenvalue weighted by Crippen LogP contribution is -2.46. The maximum Gasteiger partial charge on any atom is 0.313 e. The second kappa shape index (κ2) is 8.14. The third-order valence-electron chi connectivity index (χ3n) is 5.79. The first kappa shape index (κ1) is 19.9. The quantitative estimate of drug-likeness (QED) is 0.578. The van der Waals surface area contributed by atoms with Crippen LogP contribution in [-0.2, 0) is 16.0 Å². The summed E-state index contributed by atoms with van der Waals surface area (Å²) in [5.74, 6) is -0.449. The van der Waals surface area contributed by atoms with Crippen molar-refractivity contribution in [3.63, 3.8) is 0 Å². The minimum atomic E-state index is -0.665. The van der Waals surface area contributed by atoms with E-state index in [1.54, 1.807) is 17.2 Å². The number of aromatic amines is 1. The Labute approximate surface area is 174 Å². The van der Waals surface area contributed by atoms with E-state index in [1.165, 1.54) is 6.20 Å². The van der Waals surface area contributed by atoms with E-state index in [4.69, 9.17) is 5.73 Å². The second-order valence-electron chi connectivity index (χ2n) is 7.91. The highest BCUT2D eigenvalue weighted by molar-refractivity contribution is 6.39. The van der Waals surface area contributed by atoms with Crippen molar-refractivity contribution in [3.8, 4) is 0 Å². The first-order valence-corrected chi connectivity index (χ1v) is 10.3. The fourth-order valence-corrected chi connectivity index (χ4v) is 4.17. The number of aryl methyl sites for hydroxylation is 1. The summed E-state index contributed by atoms with van der Waals surface area (Å²) in [5, 5.41) is 10.8. The van der Waals surface area contributed by atoms with E-state index in [9.17, 15) is 9.59 Å². The maximum absolute atomic E-state index is 13.2. The van der Waals surface area contributed by atoms with Crippen LogP contribution in [0.3, 0.4) is 0 Å². The predicted molar refractivity (Wildman–Crippen MR) is 116 cm³/mol. The van der Waals surface area contributed by atoms with E-state index in [-0.39, 0.29) is 6.04 Å². The number of hydrogen-bond acceptors (Lipinski definition) is 5. The highest BCUT2D eigenvalue weighted by Gasteiger charge is 2.35. The van der Waals surface area contributed by atoms with Gasteiger partial charge in [0.15, 0.2) is 0 Å². The Bertz CT molecular complexity index is 1090. The van der Waals surface area contributed by atoms with E-state index < -0.39 is 11.8 Å². The zero-order valence-corrected chi connectivity index (χ0v) is 17.2. The molecule has 4 rings (SSSR count). The van der Waals surface area contributed by atoms with Gasteiger partial charge >= 0.3 is 11.8 Å². The van der Waals surface area contributed by atoms with E-state index in [2.05, 4.69) is 27.4 Å². The zero-order chi connectivity index (χ0) is 21.3. The number of nitrogens with zero attached hydrogens (tertiary/aromatic N) is 3. The van der Waals surface area contributed by atoms with Crippen molar-refractivity contribution in [1.29, 1.82) is 0 Å². The zero-order valence-electron chi connectivity index (χ0n) is 17.2. The van der Waals surface area contributed by atoms with Crippen LogP contribution in [0.15, 0.2) is 36.7 Å². The topological polar surface area (TPSA) is 117 Å². The molecular weight excluding hydrogens is 380 g/mol. The Morgan fingerprint density at radius 2 is 2.13 bits per heavy atom. The molecule has 1 saturated heterocycles. The second-order valence-corrected chi connectivity index (χ2v) is 7.91. The van der Waals surface area contributed by atoms with Crippen LogP contribution in [-0.4, -0.2) is 38.4 Å². The molecule has 1 aromatic carbocycles. The van der Waals surface area contributed by atoms with Crippen LogP contribution in [0.25, 0.3) is 10.9 Å². The van der Waals surface area contributed by atoms with Gasteiger partial charge in [0.25, 0.3) is 0 Å². The van der Waals surface area contributed by atoms with Gasteiger partial charge in [0.2, 0.25) is 0 Å². The van der Waals surface area contributed by atoms with Crippen molar-refractivity contribution < 1.29 is 9.59 Å². The average Bonchev–Trinajstić information content (AvgIpc) is 3.23. The number of rotatable bonds is 3. The maximum atomic E-state index is 13.2. The van der Waals surface area contributed by atoms with Crippen molar-refractivity contribution in [2.24, 2.45) is 5.92 Å². The minimum absolute atomic E-state index is 0.170. The molecule has 3 heterocycles. The number of carbonyl (C=O) groups is 2. The summed E-state index contributed by atoms with van der Waals surface area (Å²) in [6.07, 6.45) is 5.73. The van der Waals surface area contributed by atoms with Gasteiger partial charge in [0.1, 0.15) is 5.82 Å². The molecule has 1 fully saturated rings. The molecule has 8 nitrogen and oxygen atoms in total. The molecule has 0 unspecified atom stereocenters. The largest absolute Gasteiger partial charge is 0.383 e. The summed E-state index contributed by atoms with van der Waals surface area (Å²) < 4.78 is 0. The fourth-order valence-electron chi connectivity index (χ4n) is 4.17. The number of carbonyl (C=O) groups excluding carboxylic acids is 2. The molecule has 0 radical (unpaired) electrons. The molecule has 0 bridgehead atoms. The molecule has 4 N–H and O–H groups in total. The van der Waals surface area contributed by atoms with Crippen LogP contribution in [0, 0.1) is 5.92 Å². The Balaban J connectivity index is 1.60. The molecule has 156 valence electrons. The van der Waals surface area contributed by atoms with Crippen LogP contribution >= 0.6 is 0 Å².